The lowest BCUT2D eigenvalue weighted by atomic mass is 10.2. The fourth-order valence-corrected chi connectivity index (χ4v) is 1.79. The molecule has 0 bridgehead atoms. The lowest BCUT2D eigenvalue weighted by Gasteiger charge is -2.17. The van der Waals surface area contributed by atoms with Gasteiger partial charge in [0.05, 0.1) is 6.61 Å². The first kappa shape index (κ1) is 13.9. The molecule has 0 aliphatic heterocycles. The summed E-state index contributed by atoms with van der Waals surface area (Å²) in [6, 6.07) is 7.42. The van der Waals surface area contributed by atoms with Crippen LogP contribution in [0.2, 0.25) is 0 Å². The van der Waals surface area contributed by atoms with Gasteiger partial charge in [-0.3, -0.25) is 4.79 Å². The van der Waals surface area contributed by atoms with Crippen LogP contribution in [0.15, 0.2) is 24.3 Å². The van der Waals surface area contributed by atoms with Gasteiger partial charge in [-0.05, 0) is 50.1 Å². The van der Waals surface area contributed by atoms with Crippen LogP contribution in [0.5, 0.6) is 5.75 Å². The number of hydrogen-bond acceptors (Lipinski definition) is 3. The van der Waals surface area contributed by atoms with Crippen molar-refractivity contribution in [2.45, 2.75) is 12.8 Å². The molecular weight excluding hydrogens is 240 g/mol. The number of likely N-dealkylation sites (N-methyl/N-ethyl adjacent to an activating group) is 2. The van der Waals surface area contributed by atoms with Crippen molar-refractivity contribution >= 4 is 5.91 Å². The molecule has 1 aromatic carbocycles. The van der Waals surface area contributed by atoms with Gasteiger partial charge in [-0.1, -0.05) is 0 Å². The van der Waals surface area contributed by atoms with Gasteiger partial charge in [0.2, 0.25) is 0 Å². The summed E-state index contributed by atoms with van der Waals surface area (Å²) in [4.78, 5) is 13.8. The van der Waals surface area contributed by atoms with E-state index in [1.54, 1.807) is 4.90 Å². The maximum absolute atomic E-state index is 12.1. The van der Waals surface area contributed by atoms with Crippen LogP contribution in [0.3, 0.4) is 0 Å². The third-order valence-electron chi connectivity index (χ3n) is 3.33. The molecule has 0 unspecified atom stereocenters. The van der Waals surface area contributed by atoms with Crippen LogP contribution in [0.4, 0.5) is 0 Å². The highest BCUT2D eigenvalue weighted by Crippen LogP contribution is 2.29. The Hall–Kier alpha value is -1.55. The zero-order valence-corrected chi connectivity index (χ0v) is 11.7. The number of carbonyl (C=O) groups is 1. The predicted molar refractivity (Wildman–Crippen MR) is 75.5 cm³/mol. The molecule has 0 heterocycles. The van der Waals surface area contributed by atoms with Crippen molar-refractivity contribution in [3.8, 4) is 5.75 Å². The lowest BCUT2D eigenvalue weighted by Crippen LogP contribution is -2.32. The molecule has 4 heteroatoms. The highest BCUT2D eigenvalue weighted by molar-refractivity contribution is 5.94. The van der Waals surface area contributed by atoms with Crippen molar-refractivity contribution in [1.82, 2.24) is 10.2 Å². The monoisotopic (exact) mass is 262 g/mol. The summed E-state index contributed by atoms with van der Waals surface area (Å²) >= 11 is 0. The number of benzene rings is 1. The minimum atomic E-state index is 0.0454. The number of nitrogens with one attached hydrogen (secondary N) is 1. The molecule has 1 aliphatic rings. The standard InChI is InChI=1S/C15H22N2O2/c1-16-9-10-17(2)15(18)13-5-7-14(8-6-13)19-11-12-3-4-12/h5-8,12,16H,3-4,9-11H2,1-2H3. The number of hydrogen-bond donors (Lipinski definition) is 1. The molecular formula is C15H22N2O2. The van der Waals surface area contributed by atoms with Crippen molar-refractivity contribution in [2.24, 2.45) is 5.92 Å². The van der Waals surface area contributed by atoms with E-state index in [4.69, 9.17) is 4.74 Å². The molecule has 1 saturated carbocycles. The van der Waals surface area contributed by atoms with Gasteiger partial charge in [0.25, 0.3) is 5.91 Å². The van der Waals surface area contributed by atoms with Crippen LogP contribution in [-0.2, 0) is 0 Å². The Morgan fingerprint density at radius 1 is 1.37 bits per heavy atom. The maximum atomic E-state index is 12.1. The summed E-state index contributed by atoms with van der Waals surface area (Å²) in [5, 5.41) is 3.03. The van der Waals surface area contributed by atoms with Gasteiger partial charge in [0.1, 0.15) is 5.75 Å². The molecule has 4 nitrogen and oxygen atoms in total. The SMILES string of the molecule is CNCCN(C)C(=O)c1ccc(OCC2CC2)cc1. The Morgan fingerprint density at radius 2 is 2.05 bits per heavy atom. The quantitative estimate of drug-likeness (QED) is 0.814. The van der Waals surface area contributed by atoms with Gasteiger partial charge >= 0.3 is 0 Å². The van der Waals surface area contributed by atoms with E-state index < -0.39 is 0 Å². The van der Waals surface area contributed by atoms with Gasteiger partial charge in [0, 0.05) is 25.7 Å². The molecule has 1 aliphatic carbocycles. The summed E-state index contributed by atoms with van der Waals surface area (Å²) in [7, 11) is 3.70. The predicted octanol–water partition coefficient (Wildman–Crippen LogP) is 1.77. The largest absolute Gasteiger partial charge is 0.493 e. The first-order chi connectivity index (χ1) is 9.20. The van der Waals surface area contributed by atoms with E-state index in [0.29, 0.717) is 12.1 Å². The van der Waals surface area contributed by atoms with Crippen LogP contribution in [0.1, 0.15) is 23.2 Å². The summed E-state index contributed by atoms with van der Waals surface area (Å²) in [6.45, 7) is 2.30. The first-order valence-corrected chi connectivity index (χ1v) is 6.83. The van der Waals surface area contributed by atoms with Gasteiger partial charge in [-0.15, -0.1) is 0 Å². The molecule has 0 aromatic heterocycles. The molecule has 2 rings (SSSR count). The van der Waals surface area contributed by atoms with E-state index in [1.165, 1.54) is 12.8 Å². The Balaban J connectivity index is 1.87. The van der Waals surface area contributed by atoms with Crippen LogP contribution < -0.4 is 10.1 Å². The summed E-state index contributed by atoms with van der Waals surface area (Å²) in [6.07, 6.45) is 2.57. The number of rotatable bonds is 7. The second-order valence-corrected chi connectivity index (χ2v) is 5.11. The van der Waals surface area contributed by atoms with Gasteiger partial charge in [-0.25, -0.2) is 0 Å². The average molecular weight is 262 g/mol. The molecule has 0 radical (unpaired) electrons. The molecule has 1 amide bonds. The number of nitrogens with zero attached hydrogens (tertiary/aromatic N) is 1. The van der Waals surface area contributed by atoms with E-state index in [-0.39, 0.29) is 5.91 Å². The average Bonchev–Trinajstić information content (AvgIpc) is 3.26. The van der Waals surface area contributed by atoms with Gasteiger partial charge < -0.3 is 15.0 Å². The van der Waals surface area contributed by atoms with Crippen molar-refractivity contribution in [3.63, 3.8) is 0 Å². The topological polar surface area (TPSA) is 41.6 Å². The van der Waals surface area contributed by atoms with Crippen molar-refractivity contribution in [3.05, 3.63) is 29.8 Å². The van der Waals surface area contributed by atoms with Gasteiger partial charge in [0.15, 0.2) is 0 Å². The van der Waals surface area contributed by atoms with E-state index >= 15 is 0 Å². The first-order valence-electron chi connectivity index (χ1n) is 6.83. The molecule has 0 atom stereocenters. The molecule has 1 fully saturated rings. The Bertz CT molecular complexity index is 413. The normalized spacial score (nSPS) is 14.2. The maximum Gasteiger partial charge on any atom is 0.253 e. The fourth-order valence-electron chi connectivity index (χ4n) is 1.79. The third kappa shape index (κ3) is 4.24. The minimum absolute atomic E-state index is 0.0454. The van der Waals surface area contributed by atoms with E-state index in [2.05, 4.69) is 5.32 Å². The molecule has 104 valence electrons. The molecule has 0 saturated heterocycles. The van der Waals surface area contributed by atoms with E-state index in [0.717, 1.165) is 24.8 Å². The molecule has 1 aromatic rings. The zero-order valence-electron chi connectivity index (χ0n) is 11.7. The Kier molecular flexibility index (Phi) is 4.80. The molecule has 1 N–H and O–H groups in total. The minimum Gasteiger partial charge on any atom is -0.493 e. The van der Waals surface area contributed by atoms with Crippen molar-refractivity contribution in [1.29, 1.82) is 0 Å². The summed E-state index contributed by atoms with van der Waals surface area (Å²) in [5.74, 6) is 1.64. The van der Waals surface area contributed by atoms with E-state index in [9.17, 15) is 4.79 Å². The Morgan fingerprint density at radius 3 is 2.63 bits per heavy atom. The van der Waals surface area contributed by atoms with Crippen LogP contribution >= 0.6 is 0 Å². The van der Waals surface area contributed by atoms with Crippen LogP contribution in [0.25, 0.3) is 0 Å². The Labute approximate surface area is 114 Å². The zero-order chi connectivity index (χ0) is 13.7. The van der Waals surface area contributed by atoms with Crippen LogP contribution in [-0.4, -0.2) is 44.6 Å². The van der Waals surface area contributed by atoms with E-state index in [1.807, 2.05) is 38.4 Å². The highest BCUT2D eigenvalue weighted by Gasteiger charge is 2.21. The summed E-state index contributed by atoms with van der Waals surface area (Å²) < 4.78 is 5.66. The number of ether oxygens (including phenoxy) is 1. The van der Waals surface area contributed by atoms with Gasteiger partial charge in [-0.2, -0.15) is 0 Å². The molecule has 0 spiro atoms. The highest BCUT2D eigenvalue weighted by atomic mass is 16.5. The fraction of sp³-hybridized carbons (Fsp3) is 0.533. The lowest BCUT2D eigenvalue weighted by molar-refractivity contribution is 0.0797. The number of carbonyl (C=O) groups excluding carboxylic acids is 1. The molecule has 19 heavy (non-hydrogen) atoms. The number of amides is 1. The van der Waals surface area contributed by atoms with Crippen LogP contribution in [0, 0.1) is 5.92 Å². The second kappa shape index (κ2) is 6.57. The smallest absolute Gasteiger partial charge is 0.253 e. The second-order valence-electron chi connectivity index (χ2n) is 5.11. The summed E-state index contributed by atoms with van der Waals surface area (Å²) in [5.41, 5.74) is 0.706. The van der Waals surface area contributed by atoms with Crippen molar-refractivity contribution < 1.29 is 9.53 Å². The third-order valence-corrected chi connectivity index (χ3v) is 3.33. The van der Waals surface area contributed by atoms with Crippen molar-refractivity contribution in [2.75, 3.05) is 33.8 Å².